The van der Waals surface area contributed by atoms with Gasteiger partial charge in [0.05, 0.1) is 10.5 Å². The maximum absolute atomic E-state index is 11.8. The van der Waals surface area contributed by atoms with E-state index in [4.69, 9.17) is 5.11 Å². The van der Waals surface area contributed by atoms with E-state index in [0.29, 0.717) is 12.8 Å². The monoisotopic (exact) mass is 290 g/mol. The number of hydrogen-bond acceptors (Lipinski definition) is 4. The molecule has 1 aliphatic carbocycles. The third-order valence-corrected chi connectivity index (χ3v) is 3.53. The quantitative estimate of drug-likeness (QED) is 0.487. The molecule has 0 saturated heterocycles. The highest BCUT2D eigenvalue weighted by molar-refractivity contribution is 5.96. The van der Waals surface area contributed by atoms with E-state index in [0.717, 1.165) is 12.5 Å². The highest BCUT2D eigenvalue weighted by Gasteiger charge is 2.45. The Morgan fingerprint density at radius 2 is 2.00 bits per heavy atom. The van der Waals surface area contributed by atoms with Crippen molar-refractivity contribution in [2.24, 2.45) is 0 Å². The molecule has 7 nitrogen and oxygen atoms in total. The summed E-state index contributed by atoms with van der Waals surface area (Å²) in [5, 5.41) is 22.4. The number of nitro benzene ring substituents is 1. The Balaban J connectivity index is 2.10. The van der Waals surface area contributed by atoms with Gasteiger partial charge in [0.2, 0.25) is 5.91 Å². The fourth-order valence-electron chi connectivity index (χ4n) is 2.16. The van der Waals surface area contributed by atoms with Crippen molar-refractivity contribution in [3.05, 3.63) is 46.0 Å². The molecular weight excluding hydrogens is 276 g/mol. The molecule has 1 aromatic carbocycles. The first-order chi connectivity index (χ1) is 9.94. The molecule has 7 heteroatoms. The number of para-hydroxylation sites is 1. The number of benzene rings is 1. The van der Waals surface area contributed by atoms with Crippen LogP contribution in [0.4, 0.5) is 5.69 Å². The van der Waals surface area contributed by atoms with Crippen LogP contribution in [-0.4, -0.2) is 27.4 Å². The first-order valence-corrected chi connectivity index (χ1v) is 6.42. The molecule has 2 rings (SSSR count). The molecule has 2 N–H and O–H groups in total. The Hall–Kier alpha value is -2.70. The number of aliphatic carboxylic acids is 1. The molecule has 1 saturated carbocycles. The zero-order chi connectivity index (χ0) is 15.5. The van der Waals surface area contributed by atoms with Gasteiger partial charge in [-0.05, 0) is 31.4 Å². The molecule has 0 atom stereocenters. The Kier molecular flexibility index (Phi) is 4.02. The maximum atomic E-state index is 11.8. The van der Waals surface area contributed by atoms with Crippen molar-refractivity contribution < 1.29 is 19.6 Å². The highest BCUT2D eigenvalue weighted by Crippen LogP contribution is 2.32. The largest absolute Gasteiger partial charge is 0.480 e. The van der Waals surface area contributed by atoms with Gasteiger partial charge in [-0.2, -0.15) is 0 Å². The summed E-state index contributed by atoms with van der Waals surface area (Å²) in [6.45, 7) is 0. The predicted octanol–water partition coefficient (Wildman–Crippen LogP) is 1.73. The number of carbonyl (C=O) groups excluding carboxylic acids is 1. The highest BCUT2D eigenvalue weighted by atomic mass is 16.6. The summed E-state index contributed by atoms with van der Waals surface area (Å²) in [6, 6.07) is 6.00. The third-order valence-electron chi connectivity index (χ3n) is 3.53. The molecule has 0 bridgehead atoms. The number of rotatable bonds is 5. The number of carbonyl (C=O) groups is 2. The van der Waals surface area contributed by atoms with Crippen molar-refractivity contribution in [1.29, 1.82) is 0 Å². The van der Waals surface area contributed by atoms with E-state index < -0.39 is 22.3 Å². The van der Waals surface area contributed by atoms with Gasteiger partial charge >= 0.3 is 5.97 Å². The average Bonchev–Trinajstić information content (AvgIpc) is 2.40. The van der Waals surface area contributed by atoms with Crippen LogP contribution in [0.1, 0.15) is 24.8 Å². The van der Waals surface area contributed by atoms with Crippen molar-refractivity contribution in [2.45, 2.75) is 24.8 Å². The van der Waals surface area contributed by atoms with Crippen molar-refractivity contribution in [2.75, 3.05) is 0 Å². The Bertz CT molecular complexity index is 620. The molecule has 1 aliphatic rings. The fraction of sp³-hybridized carbons (Fsp3) is 0.286. The van der Waals surface area contributed by atoms with Crippen LogP contribution in [0.15, 0.2) is 30.3 Å². The van der Waals surface area contributed by atoms with Crippen molar-refractivity contribution in [1.82, 2.24) is 5.32 Å². The number of nitrogens with one attached hydrogen (secondary N) is 1. The fourth-order valence-corrected chi connectivity index (χ4v) is 2.16. The minimum atomic E-state index is -1.19. The van der Waals surface area contributed by atoms with Crippen LogP contribution in [0.25, 0.3) is 6.08 Å². The standard InChI is InChI=1S/C14H14N2O5/c17-12(15-14(13(18)19)8-3-9-14)7-6-10-4-1-2-5-11(10)16(20)21/h1-2,4-7H,3,8-9H2,(H,15,17)(H,18,19)/b7-6+. The number of carboxylic acids is 1. The van der Waals surface area contributed by atoms with Gasteiger partial charge in [-0.3, -0.25) is 14.9 Å². The van der Waals surface area contributed by atoms with E-state index in [9.17, 15) is 19.7 Å². The summed E-state index contributed by atoms with van der Waals surface area (Å²) in [4.78, 5) is 33.2. The van der Waals surface area contributed by atoms with Crippen LogP contribution in [0.5, 0.6) is 0 Å². The second-order valence-corrected chi connectivity index (χ2v) is 4.88. The molecule has 1 fully saturated rings. The summed E-state index contributed by atoms with van der Waals surface area (Å²) in [7, 11) is 0. The predicted molar refractivity (Wildman–Crippen MR) is 74.5 cm³/mol. The Morgan fingerprint density at radius 3 is 2.52 bits per heavy atom. The van der Waals surface area contributed by atoms with E-state index >= 15 is 0 Å². The van der Waals surface area contributed by atoms with Crippen LogP contribution in [0, 0.1) is 10.1 Å². The molecule has 0 unspecified atom stereocenters. The summed E-state index contributed by atoms with van der Waals surface area (Å²) >= 11 is 0. The number of nitro groups is 1. The molecule has 21 heavy (non-hydrogen) atoms. The zero-order valence-electron chi connectivity index (χ0n) is 11.1. The number of hydrogen-bond donors (Lipinski definition) is 2. The molecule has 1 amide bonds. The van der Waals surface area contributed by atoms with Crippen molar-refractivity contribution in [3.8, 4) is 0 Å². The molecule has 0 radical (unpaired) electrons. The van der Waals surface area contributed by atoms with Crippen LogP contribution in [0.3, 0.4) is 0 Å². The van der Waals surface area contributed by atoms with Gasteiger partial charge in [0.1, 0.15) is 5.54 Å². The van der Waals surface area contributed by atoms with E-state index in [2.05, 4.69) is 5.32 Å². The SMILES string of the molecule is O=C(/C=C/c1ccccc1[N+](=O)[O-])NC1(C(=O)O)CCC1. The summed E-state index contributed by atoms with van der Waals surface area (Å²) in [5.74, 6) is -1.63. The normalized spacial score (nSPS) is 16.2. The van der Waals surface area contributed by atoms with Gasteiger partial charge in [-0.1, -0.05) is 12.1 Å². The smallest absolute Gasteiger partial charge is 0.329 e. The average molecular weight is 290 g/mol. The van der Waals surface area contributed by atoms with Crippen LogP contribution >= 0.6 is 0 Å². The number of amides is 1. The lowest BCUT2D eigenvalue weighted by molar-refractivity contribution is -0.385. The molecule has 0 heterocycles. The van der Waals surface area contributed by atoms with Gasteiger partial charge < -0.3 is 10.4 Å². The van der Waals surface area contributed by atoms with Crippen molar-refractivity contribution >= 4 is 23.6 Å². The lowest BCUT2D eigenvalue weighted by Gasteiger charge is -2.37. The summed E-state index contributed by atoms with van der Waals surface area (Å²) < 4.78 is 0. The molecular formula is C14H14N2O5. The van der Waals surface area contributed by atoms with Crippen LogP contribution in [0.2, 0.25) is 0 Å². The van der Waals surface area contributed by atoms with E-state index in [1.54, 1.807) is 6.07 Å². The zero-order valence-corrected chi connectivity index (χ0v) is 11.1. The second-order valence-electron chi connectivity index (χ2n) is 4.88. The summed E-state index contributed by atoms with van der Waals surface area (Å²) in [5.41, 5.74) is -1.02. The number of carboxylic acid groups (broad SMARTS) is 1. The first kappa shape index (κ1) is 14.7. The van der Waals surface area contributed by atoms with Gasteiger partial charge in [0.25, 0.3) is 5.69 Å². The lowest BCUT2D eigenvalue weighted by atomic mass is 9.77. The van der Waals surface area contributed by atoms with Gasteiger partial charge in [-0.15, -0.1) is 0 Å². The first-order valence-electron chi connectivity index (χ1n) is 6.42. The summed E-state index contributed by atoms with van der Waals surface area (Å²) in [6.07, 6.45) is 3.97. The second kappa shape index (κ2) is 5.74. The maximum Gasteiger partial charge on any atom is 0.329 e. The minimum absolute atomic E-state index is 0.113. The van der Waals surface area contributed by atoms with Crippen LogP contribution < -0.4 is 5.32 Å². The molecule has 0 spiro atoms. The minimum Gasteiger partial charge on any atom is -0.480 e. The molecule has 0 aliphatic heterocycles. The van der Waals surface area contributed by atoms with Crippen molar-refractivity contribution in [3.63, 3.8) is 0 Å². The lowest BCUT2D eigenvalue weighted by Crippen LogP contribution is -2.58. The third kappa shape index (κ3) is 3.07. The number of nitrogens with zero attached hydrogens (tertiary/aromatic N) is 1. The van der Waals surface area contributed by atoms with E-state index in [1.165, 1.54) is 24.3 Å². The topological polar surface area (TPSA) is 110 Å². The Labute approximate surface area is 120 Å². The molecule has 0 aromatic heterocycles. The Morgan fingerprint density at radius 1 is 1.33 bits per heavy atom. The van der Waals surface area contributed by atoms with E-state index in [-0.39, 0.29) is 11.3 Å². The molecule has 110 valence electrons. The van der Waals surface area contributed by atoms with Gasteiger partial charge in [0.15, 0.2) is 0 Å². The van der Waals surface area contributed by atoms with Gasteiger partial charge in [0, 0.05) is 12.1 Å². The van der Waals surface area contributed by atoms with Gasteiger partial charge in [-0.25, -0.2) is 4.79 Å². The molecule has 1 aromatic rings. The van der Waals surface area contributed by atoms with Crippen LogP contribution in [-0.2, 0) is 9.59 Å². The van der Waals surface area contributed by atoms with E-state index in [1.807, 2.05) is 0 Å².